The summed E-state index contributed by atoms with van der Waals surface area (Å²) < 4.78 is 55.3. The second-order valence-electron chi connectivity index (χ2n) is 8.01. The van der Waals surface area contributed by atoms with Gasteiger partial charge in [-0.05, 0) is 50.8 Å². The minimum atomic E-state index is -3.59. The van der Waals surface area contributed by atoms with Crippen molar-refractivity contribution in [1.29, 1.82) is 0 Å². The van der Waals surface area contributed by atoms with Crippen LogP contribution in [0.3, 0.4) is 0 Å². The molecule has 1 unspecified atom stereocenters. The summed E-state index contributed by atoms with van der Waals surface area (Å²) in [5.41, 5.74) is 2.76. The SMILES string of the molecule is Cc1ccc(S(=O)(=O)N2CCCCC2CCNS(=O)(=O)Cc2cccc(C)c2)cc1. The van der Waals surface area contributed by atoms with Crippen LogP contribution in [0.5, 0.6) is 0 Å². The van der Waals surface area contributed by atoms with Gasteiger partial charge in [-0.2, -0.15) is 4.31 Å². The fraction of sp³-hybridized carbons (Fsp3) is 0.455. The Morgan fingerprint density at radius 1 is 0.967 bits per heavy atom. The van der Waals surface area contributed by atoms with Crippen molar-refractivity contribution in [3.8, 4) is 0 Å². The molecule has 0 aliphatic carbocycles. The molecule has 1 aliphatic rings. The van der Waals surface area contributed by atoms with Gasteiger partial charge in [0, 0.05) is 19.1 Å². The predicted octanol–water partition coefficient (Wildman–Crippen LogP) is 3.36. The van der Waals surface area contributed by atoms with Crippen LogP contribution in [0.15, 0.2) is 53.4 Å². The number of nitrogens with one attached hydrogen (secondary N) is 1. The molecule has 0 bridgehead atoms. The highest BCUT2D eigenvalue weighted by molar-refractivity contribution is 7.89. The van der Waals surface area contributed by atoms with Crippen LogP contribution in [0, 0.1) is 13.8 Å². The molecule has 0 radical (unpaired) electrons. The van der Waals surface area contributed by atoms with E-state index in [1.54, 1.807) is 34.6 Å². The van der Waals surface area contributed by atoms with E-state index in [9.17, 15) is 16.8 Å². The maximum atomic E-state index is 13.1. The Balaban J connectivity index is 1.63. The number of hydrogen-bond acceptors (Lipinski definition) is 4. The van der Waals surface area contributed by atoms with E-state index in [0.717, 1.165) is 36.0 Å². The van der Waals surface area contributed by atoms with E-state index in [4.69, 9.17) is 0 Å². The van der Waals surface area contributed by atoms with Gasteiger partial charge in [-0.25, -0.2) is 21.6 Å². The molecule has 8 heteroatoms. The van der Waals surface area contributed by atoms with Gasteiger partial charge in [0.05, 0.1) is 10.6 Å². The molecule has 1 fully saturated rings. The quantitative estimate of drug-likeness (QED) is 0.668. The molecule has 0 saturated carbocycles. The fourth-order valence-electron chi connectivity index (χ4n) is 3.88. The summed E-state index contributed by atoms with van der Waals surface area (Å²) in [4.78, 5) is 0.292. The smallest absolute Gasteiger partial charge is 0.215 e. The number of nitrogens with zero attached hydrogens (tertiary/aromatic N) is 1. The van der Waals surface area contributed by atoms with Crippen LogP contribution in [-0.4, -0.2) is 40.3 Å². The highest BCUT2D eigenvalue weighted by Crippen LogP contribution is 2.27. The Kier molecular flexibility index (Phi) is 7.34. The van der Waals surface area contributed by atoms with Crippen molar-refractivity contribution in [3.63, 3.8) is 0 Å². The van der Waals surface area contributed by atoms with Crippen molar-refractivity contribution in [2.24, 2.45) is 0 Å². The van der Waals surface area contributed by atoms with Gasteiger partial charge in [-0.1, -0.05) is 53.9 Å². The Morgan fingerprint density at radius 3 is 2.40 bits per heavy atom. The van der Waals surface area contributed by atoms with E-state index in [1.807, 2.05) is 32.0 Å². The van der Waals surface area contributed by atoms with Gasteiger partial charge in [0.25, 0.3) is 0 Å². The van der Waals surface area contributed by atoms with Crippen LogP contribution in [0.2, 0.25) is 0 Å². The molecule has 1 saturated heterocycles. The zero-order valence-corrected chi connectivity index (χ0v) is 19.2. The molecule has 1 heterocycles. The van der Waals surface area contributed by atoms with E-state index < -0.39 is 20.0 Å². The third kappa shape index (κ3) is 5.91. The second kappa shape index (κ2) is 9.60. The first kappa shape index (κ1) is 22.9. The van der Waals surface area contributed by atoms with E-state index in [2.05, 4.69) is 4.72 Å². The number of benzene rings is 2. The lowest BCUT2D eigenvalue weighted by molar-refractivity contribution is 0.242. The zero-order valence-electron chi connectivity index (χ0n) is 17.5. The van der Waals surface area contributed by atoms with Crippen LogP contribution in [-0.2, 0) is 25.8 Å². The third-order valence-electron chi connectivity index (χ3n) is 5.44. The van der Waals surface area contributed by atoms with Crippen LogP contribution in [0.1, 0.15) is 42.4 Å². The van der Waals surface area contributed by atoms with Crippen LogP contribution < -0.4 is 4.72 Å². The molecule has 2 aromatic carbocycles. The summed E-state index contributed by atoms with van der Waals surface area (Å²) in [6.45, 7) is 4.54. The van der Waals surface area contributed by atoms with Crippen molar-refractivity contribution >= 4 is 20.0 Å². The second-order valence-corrected chi connectivity index (χ2v) is 11.7. The fourth-order valence-corrected chi connectivity index (χ4v) is 6.75. The first-order valence-electron chi connectivity index (χ1n) is 10.3. The van der Waals surface area contributed by atoms with E-state index >= 15 is 0 Å². The molecule has 0 spiro atoms. The highest BCUT2D eigenvalue weighted by atomic mass is 32.2. The lowest BCUT2D eigenvalue weighted by Crippen LogP contribution is -2.45. The van der Waals surface area contributed by atoms with Gasteiger partial charge in [-0.15, -0.1) is 0 Å². The van der Waals surface area contributed by atoms with Crippen molar-refractivity contribution < 1.29 is 16.8 Å². The first-order chi connectivity index (χ1) is 14.2. The number of rotatable bonds is 8. The molecule has 164 valence electrons. The topological polar surface area (TPSA) is 83.6 Å². The Bertz CT molecular complexity index is 1060. The average Bonchev–Trinajstić information content (AvgIpc) is 2.68. The first-order valence-corrected chi connectivity index (χ1v) is 13.4. The van der Waals surface area contributed by atoms with Crippen molar-refractivity contribution in [2.75, 3.05) is 13.1 Å². The summed E-state index contributed by atoms with van der Waals surface area (Å²) in [7, 11) is -7.07. The lowest BCUT2D eigenvalue weighted by atomic mass is 10.0. The monoisotopic (exact) mass is 450 g/mol. The number of piperidine rings is 1. The Labute approximate surface area is 180 Å². The van der Waals surface area contributed by atoms with Gasteiger partial charge >= 0.3 is 0 Å². The maximum absolute atomic E-state index is 13.1. The minimum Gasteiger partial charge on any atom is -0.215 e. The normalized spacial score (nSPS) is 18.4. The molecule has 3 rings (SSSR count). The molecule has 0 amide bonds. The third-order valence-corrected chi connectivity index (χ3v) is 8.76. The number of sulfonamides is 2. The molecule has 1 atom stereocenters. The standard InChI is InChI=1S/C22H30N2O4S2/c1-18-9-11-22(12-10-18)30(27,28)24-15-4-3-8-21(24)13-14-23-29(25,26)17-20-7-5-6-19(2)16-20/h5-7,9-12,16,21,23H,3-4,8,13-15,17H2,1-2H3. The van der Waals surface area contributed by atoms with E-state index in [-0.39, 0.29) is 18.3 Å². The molecule has 6 nitrogen and oxygen atoms in total. The maximum Gasteiger partial charge on any atom is 0.243 e. The predicted molar refractivity (Wildman–Crippen MR) is 119 cm³/mol. The van der Waals surface area contributed by atoms with Gasteiger partial charge in [0.15, 0.2) is 0 Å². The Morgan fingerprint density at radius 2 is 1.70 bits per heavy atom. The van der Waals surface area contributed by atoms with Gasteiger partial charge in [-0.3, -0.25) is 0 Å². The zero-order chi connectivity index (χ0) is 21.8. The molecule has 1 N–H and O–H groups in total. The molecule has 30 heavy (non-hydrogen) atoms. The van der Waals surface area contributed by atoms with Crippen molar-refractivity contribution in [3.05, 3.63) is 65.2 Å². The minimum absolute atomic E-state index is 0.0786. The summed E-state index contributed by atoms with van der Waals surface area (Å²) in [6.07, 6.45) is 2.96. The summed E-state index contributed by atoms with van der Waals surface area (Å²) >= 11 is 0. The molecular weight excluding hydrogens is 420 g/mol. The summed E-state index contributed by atoms with van der Waals surface area (Å²) in [5.74, 6) is -0.0786. The largest absolute Gasteiger partial charge is 0.243 e. The summed E-state index contributed by atoms with van der Waals surface area (Å²) in [6, 6.07) is 14.1. The van der Waals surface area contributed by atoms with Crippen molar-refractivity contribution in [2.45, 2.75) is 56.2 Å². The average molecular weight is 451 g/mol. The molecule has 2 aromatic rings. The summed E-state index contributed by atoms with van der Waals surface area (Å²) in [5, 5.41) is 0. The molecule has 1 aliphatic heterocycles. The van der Waals surface area contributed by atoms with Gasteiger partial charge < -0.3 is 0 Å². The van der Waals surface area contributed by atoms with Crippen LogP contribution in [0.25, 0.3) is 0 Å². The van der Waals surface area contributed by atoms with E-state index in [1.165, 1.54) is 0 Å². The van der Waals surface area contributed by atoms with Gasteiger partial charge in [0.1, 0.15) is 0 Å². The lowest BCUT2D eigenvalue weighted by Gasteiger charge is -2.34. The van der Waals surface area contributed by atoms with E-state index in [0.29, 0.717) is 17.9 Å². The molecule has 0 aromatic heterocycles. The number of aryl methyl sites for hydroxylation is 2. The number of hydrogen-bond donors (Lipinski definition) is 1. The van der Waals surface area contributed by atoms with Gasteiger partial charge in [0.2, 0.25) is 20.0 Å². The van der Waals surface area contributed by atoms with Crippen LogP contribution in [0.4, 0.5) is 0 Å². The highest BCUT2D eigenvalue weighted by Gasteiger charge is 2.33. The van der Waals surface area contributed by atoms with Crippen LogP contribution >= 0.6 is 0 Å². The Hall–Kier alpha value is -1.74. The van der Waals surface area contributed by atoms with Crippen molar-refractivity contribution in [1.82, 2.24) is 9.03 Å². The molecular formula is C22H30N2O4S2.